The number of allylic oxidation sites excluding steroid dienone is 11. The fourth-order valence-corrected chi connectivity index (χ4v) is 7.49. The van der Waals surface area contributed by atoms with Crippen LogP contribution in [0.5, 0.6) is 0 Å². The van der Waals surface area contributed by atoms with Crippen molar-refractivity contribution in [3.05, 3.63) is 193 Å². The van der Waals surface area contributed by atoms with Gasteiger partial charge in [-0.1, -0.05) is 159 Å². The van der Waals surface area contributed by atoms with Crippen molar-refractivity contribution in [2.45, 2.75) is 32.6 Å². The van der Waals surface area contributed by atoms with E-state index in [4.69, 9.17) is 0 Å². The molecule has 1 nitrogen and oxygen atoms in total. The molecule has 0 amide bonds. The fourth-order valence-electron chi connectivity index (χ4n) is 7.49. The molecule has 2 aliphatic rings. The third-order valence-corrected chi connectivity index (χ3v) is 9.99. The molecule has 0 saturated carbocycles. The third kappa shape index (κ3) is 6.21. The Morgan fingerprint density at radius 3 is 2.20 bits per heavy atom. The van der Waals surface area contributed by atoms with Crippen LogP contribution >= 0.6 is 0 Å². The summed E-state index contributed by atoms with van der Waals surface area (Å²) in [7, 11) is 0. The van der Waals surface area contributed by atoms with E-state index in [1.54, 1.807) is 0 Å². The Morgan fingerprint density at radius 1 is 0.612 bits per heavy atom. The zero-order valence-electron chi connectivity index (χ0n) is 28.1. The van der Waals surface area contributed by atoms with E-state index < -0.39 is 0 Å². The van der Waals surface area contributed by atoms with Crippen LogP contribution in [0.1, 0.15) is 43.7 Å². The minimum Gasteiger partial charge on any atom is -0.313 e. The van der Waals surface area contributed by atoms with E-state index in [1.807, 2.05) is 0 Å². The van der Waals surface area contributed by atoms with Gasteiger partial charge in [0.2, 0.25) is 0 Å². The molecule has 0 heterocycles. The fraction of sp³-hybridized carbons (Fsp3) is 0.125. The minimum absolute atomic E-state index is 0.349. The Kier molecular flexibility index (Phi) is 8.65. The Labute approximate surface area is 290 Å². The average Bonchev–Trinajstić information content (AvgIpc) is 3.41. The molecule has 238 valence electrons. The molecule has 0 bridgehead atoms. The van der Waals surface area contributed by atoms with Gasteiger partial charge in [-0.2, -0.15) is 0 Å². The number of benzene rings is 6. The van der Waals surface area contributed by atoms with E-state index in [-0.39, 0.29) is 0 Å². The minimum atomic E-state index is 0.349. The van der Waals surface area contributed by atoms with Gasteiger partial charge in [0.25, 0.3) is 0 Å². The standard InChI is InChI=1S/C48H41N/c1-35-16-6-4-2-3-5-7-22-42(35)38-29-32-41(33-30-38)49(48-34-39-18-9-11-24-45(39)46-25-12-13-26-47(46)48)40-21-14-19-37(28-31-40)44-27-15-20-36-17-8-10-23-43(36)44/h2,4,6,8-20,22-35H,3,5,7,21H2,1H3/b4-2-,16-6-,42-22?. The average molecular weight is 632 g/mol. The third-order valence-electron chi connectivity index (χ3n) is 9.99. The molecule has 0 aliphatic heterocycles. The molecule has 8 rings (SSSR count). The largest absolute Gasteiger partial charge is 0.313 e. The van der Waals surface area contributed by atoms with Gasteiger partial charge in [-0.25, -0.2) is 0 Å². The van der Waals surface area contributed by atoms with Crippen molar-refractivity contribution < 1.29 is 0 Å². The second kappa shape index (κ2) is 13.8. The summed E-state index contributed by atoms with van der Waals surface area (Å²) in [6.07, 6.45) is 24.9. The van der Waals surface area contributed by atoms with Gasteiger partial charge in [-0.15, -0.1) is 0 Å². The number of rotatable bonds is 5. The first-order chi connectivity index (χ1) is 24.2. The van der Waals surface area contributed by atoms with Gasteiger partial charge in [-0.05, 0) is 98.7 Å². The summed E-state index contributed by atoms with van der Waals surface area (Å²) in [5, 5.41) is 7.59. The van der Waals surface area contributed by atoms with Crippen LogP contribution in [-0.2, 0) is 0 Å². The van der Waals surface area contributed by atoms with E-state index in [1.165, 1.54) is 72.4 Å². The molecule has 0 radical (unpaired) electrons. The van der Waals surface area contributed by atoms with Crippen molar-refractivity contribution in [2.75, 3.05) is 4.90 Å². The summed E-state index contributed by atoms with van der Waals surface area (Å²) in [6, 6.07) is 44.6. The zero-order chi connectivity index (χ0) is 33.0. The second-order valence-electron chi connectivity index (χ2n) is 13.2. The maximum absolute atomic E-state index is 2.49. The highest BCUT2D eigenvalue weighted by Gasteiger charge is 2.20. The maximum Gasteiger partial charge on any atom is 0.0543 e. The van der Waals surface area contributed by atoms with Crippen LogP contribution in [0.4, 0.5) is 11.4 Å². The summed E-state index contributed by atoms with van der Waals surface area (Å²) >= 11 is 0. The molecule has 49 heavy (non-hydrogen) atoms. The lowest BCUT2D eigenvalue weighted by Crippen LogP contribution is -2.16. The van der Waals surface area contributed by atoms with Gasteiger partial charge in [-0.3, -0.25) is 0 Å². The first kappa shape index (κ1) is 30.7. The van der Waals surface area contributed by atoms with Crippen LogP contribution in [0.25, 0.3) is 43.5 Å². The lowest BCUT2D eigenvalue weighted by molar-refractivity contribution is 0.855. The topological polar surface area (TPSA) is 3.24 Å². The van der Waals surface area contributed by atoms with Gasteiger partial charge in [0, 0.05) is 23.2 Å². The molecule has 0 saturated heterocycles. The molecule has 0 fully saturated rings. The van der Waals surface area contributed by atoms with Gasteiger partial charge >= 0.3 is 0 Å². The number of fused-ring (bicyclic) bond motifs is 4. The van der Waals surface area contributed by atoms with Crippen molar-refractivity contribution in [3.8, 4) is 0 Å². The highest BCUT2D eigenvalue weighted by Crippen LogP contribution is 2.42. The summed E-state index contributed by atoms with van der Waals surface area (Å²) < 4.78 is 0. The molecule has 6 aromatic carbocycles. The molecule has 0 spiro atoms. The summed E-state index contributed by atoms with van der Waals surface area (Å²) in [5.74, 6) is 0.349. The number of nitrogens with zero attached hydrogens (tertiary/aromatic N) is 1. The zero-order valence-corrected chi connectivity index (χ0v) is 28.1. The van der Waals surface area contributed by atoms with E-state index in [0.717, 1.165) is 24.9 Å². The molecular weight excluding hydrogens is 591 g/mol. The van der Waals surface area contributed by atoms with Crippen molar-refractivity contribution >= 4 is 54.8 Å². The van der Waals surface area contributed by atoms with Gasteiger partial charge in [0.1, 0.15) is 0 Å². The van der Waals surface area contributed by atoms with Gasteiger partial charge < -0.3 is 4.90 Å². The Bertz CT molecular complexity index is 2340. The quantitative estimate of drug-likeness (QED) is 0.171. The molecule has 0 aromatic heterocycles. The SMILES string of the molecule is CC1/C=C\C=C/CCCC=C1c1ccc(N(C2=CC=C(c3cccc4ccccc34)C=CC2)c2cc3ccccc3c3ccccc23)cc1. The van der Waals surface area contributed by atoms with Crippen LogP contribution in [0.3, 0.4) is 0 Å². The molecule has 6 aromatic rings. The van der Waals surface area contributed by atoms with Crippen molar-refractivity contribution in [3.63, 3.8) is 0 Å². The van der Waals surface area contributed by atoms with Crippen LogP contribution in [0, 0.1) is 5.92 Å². The smallest absolute Gasteiger partial charge is 0.0543 e. The van der Waals surface area contributed by atoms with Crippen molar-refractivity contribution in [2.24, 2.45) is 5.92 Å². The molecule has 1 unspecified atom stereocenters. The second-order valence-corrected chi connectivity index (χ2v) is 13.2. The maximum atomic E-state index is 2.49. The number of anilines is 2. The Hall–Kier alpha value is -5.66. The first-order valence-electron chi connectivity index (χ1n) is 17.6. The number of hydrogen-bond acceptors (Lipinski definition) is 1. The van der Waals surface area contributed by atoms with Crippen LogP contribution in [0.15, 0.2) is 182 Å². The van der Waals surface area contributed by atoms with Crippen LogP contribution in [0.2, 0.25) is 0 Å². The van der Waals surface area contributed by atoms with Crippen LogP contribution in [-0.4, -0.2) is 0 Å². The van der Waals surface area contributed by atoms with Crippen molar-refractivity contribution in [1.29, 1.82) is 0 Å². The monoisotopic (exact) mass is 631 g/mol. The molecular formula is C48H41N. The first-order valence-corrected chi connectivity index (χ1v) is 17.6. The van der Waals surface area contributed by atoms with E-state index in [9.17, 15) is 0 Å². The molecule has 1 heteroatoms. The lowest BCUT2D eigenvalue weighted by Gasteiger charge is -2.29. The van der Waals surface area contributed by atoms with Crippen LogP contribution < -0.4 is 4.90 Å². The Balaban J connectivity index is 1.28. The predicted molar refractivity (Wildman–Crippen MR) is 213 cm³/mol. The lowest BCUT2D eigenvalue weighted by atomic mass is 9.91. The highest BCUT2D eigenvalue weighted by molar-refractivity contribution is 6.14. The van der Waals surface area contributed by atoms with E-state index in [2.05, 4.69) is 188 Å². The summed E-state index contributed by atoms with van der Waals surface area (Å²) in [4.78, 5) is 2.49. The molecule has 1 atom stereocenters. The van der Waals surface area contributed by atoms with E-state index >= 15 is 0 Å². The summed E-state index contributed by atoms with van der Waals surface area (Å²) in [5.41, 5.74) is 8.78. The summed E-state index contributed by atoms with van der Waals surface area (Å²) in [6.45, 7) is 2.31. The van der Waals surface area contributed by atoms with Gasteiger partial charge in [0.15, 0.2) is 0 Å². The normalized spacial score (nSPS) is 18.0. The Morgan fingerprint density at radius 2 is 1.35 bits per heavy atom. The molecule has 0 N–H and O–H groups in total. The molecule has 2 aliphatic carbocycles. The van der Waals surface area contributed by atoms with Crippen molar-refractivity contribution in [1.82, 2.24) is 0 Å². The highest BCUT2D eigenvalue weighted by atomic mass is 15.1. The van der Waals surface area contributed by atoms with Gasteiger partial charge in [0.05, 0.1) is 5.69 Å². The number of hydrogen-bond donors (Lipinski definition) is 0. The van der Waals surface area contributed by atoms with E-state index in [0.29, 0.717) is 5.92 Å². The predicted octanol–water partition coefficient (Wildman–Crippen LogP) is 13.5.